The molecule has 2 amide bonds. The number of amides is 2. The van der Waals surface area contributed by atoms with Crippen LogP contribution in [0.2, 0.25) is 0 Å². The van der Waals surface area contributed by atoms with E-state index < -0.39 is 0 Å². The van der Waals surface area contributed by atoms with Gasteiger partial charge in [0.05, 0.1) is 12.2 Å². The normalized spacial score (nSPS) is 19.7. The maximum Gasteiger partial charge on any atom is 0.339 e. The van der Waals surface area contributed by atoms with E-state index in [0.29, 0.717) is 13.1 Å². The van der Waals surface area contributed by atoms with Gasteiger partial charge >= 0.3 is 6.03 Å². The number of hydrogen-bond acceptors (Lipinski definition) is 4. The van der Waals surface area contributed by atoms with Crippen LogP contribution >= 0.6 is 0 Å². The van der Waals surface area contributed by atoms with Gasteiger partial charge in [-0.2, -0.15) is 0 Å². The lowest BCUT2D eigenvalue weighted by atomic mass is 10.1. The third-order valence-corrected chi connectivity index (χ3v) is 4.26. The van der Waals surface area contributed by atoms with Crippen molar-refractivity contribution in [3.63, 3.8) is 0 Å². The first-order valence-corrected chi connectivity index (χ1v) is 7.94. The molecule has 22 heavy (non-hydrogen) atoms. The summed E-state index contributed by atoms with van der Waals surface area (Å²) in [5.74, 6) is 0. The van der Waals surface area contributed by atoms with Crippen molar-refractivity contribution in [3.05, 3.63) is 29.8 Å². The predicted molar refractivity (Wildman–Crippen MR) is 87.7 cm³/mol. The number of urea groups is 1. The Morgan fingerprint density at radius 1 is 1.18 bits per heavy atom. The summed E-state index contributed by atoms with van der Waals surface area (Å²) in [4.78, 5) is 17.0. The van der Waals surface area contributed by atoms with E-state index in [1.807, 2.05) is 30.1 Å². The van der Waals surface area contributed by atoms with Gasteiger partial charge in [-0.25, -0.2) is 9.80 Å². The van der Waals surface area contributed by atoms with E-state index in [1.54, 1.807) is 0 Å². The Kier molecular flexibility index (Phi) is 4.61. The van der Waals surface area contributed by atoms with Crippen molar-refractivity contribution in [1.82, 2.24) is 20.2 Å². The lowest BCUT2D eigenvalue weighted by Crippen LogP contribution is -2.59. The van der Waals surface area contributed by atoms with E-state index >= 15 is 0 Å². The number of rotatable bonds is 4. The topological polar surface area (TPSA) is 42.1 Å². The van der Waals surface area contributed by atoms with Gasteiger partial charge in [0.2, 0.25) is 0 Å². The fourth-order valence-electron chi connectivity index (χ4n) is 3.01. The van der Waals surface area contributed by atoms with Crippen molar-refractivity contribution >= 4 is 11.7 Å². The second-order valence-corrected chi connectivity index (χ2v) is 6.13. The van der Waals surface area contributed by atoms with Gasteiger partial charge in [-0.15, -0.1) is 0 Å². The number of carbonyl (C=O) groups excluding carboxylic acids is 1. The molecule has 120 valence electrons. The van der Waals surface area contributed by atoms with Gasteiger partial charge in [-0.3, -0.25) is 9.91 Å². The van der Waals surface area contributed by atoms with Gasteiger partial charge in [0.1, 0.15) is 0 Å². The van der Waals surface area contributed by atoms with Gasteiger partial charge in [-0.1, -0.05) is 18.2 Å². The number of nitrogens with one attached hydrogen (secondary N) is 1. The Labute approximate surface area is 132 Å². The highest BCUT2D eigenvalue weighted by Gasteiger charge is 2.33. The Morgan fingerprint density at radius 3 is 2.64 bits per heavy atom. The first kappa shape index (κ1) is 15.3. The number of carbonyl (C=O) groups is 1. The molecule has 0 spiro atoms. The molecular weight excluding hydrogens is 278 g/mol. The summed E-state index contributed by atoms with van der Waals surface area (Å²) < 4.78 is 0. The van der Waals surface area contributed by atoms with Crippen molar-refractivity contribution in [2.24, 2.45) is 0 Å². The minimum atomic E-state index is 0.0995. The molecule has 0 atom stereocenters. The van der Waals surface area contributed by atoms with E-state index in [2.05, 4.69) is 33.4 Å². The van der Waals surface area contributed by atoms with Crippen LogP contribution in [0.1, 0.15) is 5.56 Å². The molecule has 1 aromatic carbocycles. The van der Waals surface area contributed by atoms with Crippen molar-refractivity contribution < 1.29 is 4.79 Å². The summed E-state index contributed by atoms with van der Waals surface area (Å²) in [6, 6.07) is 8.34. The van der Waals surface area contributed by atoms with Crippen molar-refractivity contribution in [3.8, 4) is 0 Å². The van der Waals surface area contributed by atoms with Gasteiger partial charge in [0.15, 0.2) is 0 Å². The standard InChI is InChI=1S/C16H25N5O/c1-18(2)11-12-20-15-6-4-3-5-14(15)13-21(16(20)22)19-9-7-17-8-10-19/h3-6,17H,7-13H2,1-2H3. The maximum absolute atomic E-state index is 13.0. The number of likely N-dealkylation sites (N-methyl/N-ethyl adjacent to an activating group) is 1. The zero-order chi connectivity index (χ0) is 15.5. The van der Waals surface area contributed by atoms with Crippen molar-refractivity contribution in [2.45, 2.75) is 6.54 Å². The molecule has 3 rings (SSSR count). The Hall–Kier alpha value is -1.63. The van der Waals surface area contributed by atoms with Crippen LogP contribution in [0.5, 0.6) is 0 Å². The molecule has 0 unspecified atom stereocenters. The molecule has 0 bridgehead atoms. The highest BCUT2D eigenvalue weighted by atomic mass is 16.2. The molecular formula is C16H25N5O. The van der Waals surface area contributed by atoms with Crippen LogP contribution in [0, 0.1) is 0 Å². The number of hydrazine groups is 1. The molecule has 0 aromatic heterocycles. The molecule has 0 aliphatic carbocycles. The molecule has 6 nitrogen and oxygen atoms in total. The van der Waals surface area contributed by atoms with Crippen molar-refractivity contribution in [2.75, 3.05) is 58.3 Å². The molecule has 1 saturated heterocycles. The van der Waals surface area contributed by atoms with Crippen LogP contribution in [0.4, 0.5) is 10.5 Å². The highest BCUT2D eigenvalue weighted by Crippen LogP contribution is 2.29. The fourth-order valence-corrected chi connectivity index (χ4v) is 3.01. The van der Waals surface area contributed by atoms with Crippen LogP contribution in [-0.4, -0.2) is 74.3 Å². The summed E-state index contributed by atoms with van der Waals surface area (Å²) in [6.45, 7) is 5.88. The zero-order valence-corrected chi connectivity index (χ0v) is 13.5. The molecule has 2 aliphatic heterocycles. The summed E-state index contributed by atoms with van der Waals surface area (Å²) >= 11 is 0. The lowest BCUT2D eigenvalue weighted by Gasteiger charge is -2.44. The van der Waals surface area contributed by atoms with Crippen LogP contribution < -0.4 is 10.2 Å². The summed E-state index contributed by atoms with van der Waals surface area (Å²) in [5, 5.41) is 7.43. The molecule has 0 saturated carbocycles. The average molecular weight is 303 g/mol. The summed E-state index contributed by atoms with van der Waals surface area (Å²) in [6.07, 6.45) is 0. The molecule has 1 aromatic rings. The van der Waals surface area contributed by atoms with Crippen molar-refractivity contribution in [1.29, 1.82) is 0 Å². The largest absolute Gasteiger partial charge is 0.339 e. The van der Waals surface area contributed by atoms with Crippen LogP contribution in [0.15, 0.2) is 24.3 Å². The first-order valence-electron chi connectivity index (χ1n) is 7.94. The third-order valence-electron chi connectivity index (χ3n) is 4.26. The minimum absolute atomic E-state index is 0.0995. The van der Waals surface area contributed by atoms with Gasteiger partial charge in [0.25, 0.3) is 0 Å². The Balaban J connectivity index is 1.84. The molecule has 2 aliphatic rings. The second-order valence-electron chi connectivity index (χ2n) is 6.13. The SMILES string of the molecule is CN(C)CCN1C(=O)N(N2CCNCC2)Cc2ccccc21. The van der Waals surface area contributed by atoms with E-state index in [9.17, 15) is 4.79 Å². The summed E-state index contributed by atoms with van der Waals surface area (Å²) in [7, 11) is 4.07. The highest BCUT2D eigenvalue weighted by molar-refractivity contribution is 5.94. The third kappa shape index (κ3) is 3.09. The van der Waals surface area contributed by atoms with E-state index in [-0.39, 0.29) is 6.03 Å². The van der Waals surface area contributed by atoms with Crippen LogP contribution in [-0.2, 0) is 6.54 Å². The molecule has 6 heteroatoms. The number of nitrogens with zero attached hydrogens (tertiary/aromatic N) is 4. The monoisotopic (exact) mass is 303 g/mol. The average Bonchev–Trinajstić information content (AvgIpc) is 2.54. The second kappa shape index (κ2) is 6.64. The Morgan fingerprint density at radius 2 is 1.91 bits per heavy atom. The minimum Gasteiger partial charge on any atom is -0.314 e. The molecule has 1 fully saturated rings. The fraction of sp³-hybridized carbons (Fsp3) is 0.562. The maximum atomic E-state index is 13.0. The van der Waals surface area contributed by atoms with Gasteiger partial charge in [0, 0.05) is 39.3 Å². The summed E-state index contributed by atoms with van der Waals surface area (Å²) in [5.41, 5.74) is 2.28. The van der Waals surface area contributed by atoms with Crippen LogP contribution in [0.25, 0.3) is 0 Å². The number of fused-ring (bicyclic) bond motifs is 1. The van der Waals surface area contributed by atoms with E-state index in [4.69, 9.17) is 0 Å². The smallest absolute Gasteiger partial charge is 0.314 e. The molecule has 1 N–H and O–H groups in total. The van der Waals surface area contributed by atoms with Crippen LogP contribution in [0.3, 0.4) is 0 Å². The van der Waals surface area contributed by atoms with Gasteiger partial charge < -0.3 is 10.2 Å². The molecule has 2 heterocycles. The van der Waals surface area contributed by atoms with Gasteiger partial charge in [-0.05, 0) is 25.7 Å². The number of benzene rings is 1. The number of para-hydroxylation sites is 1. The number of anilines is 1. The number of hydrogen-bond donors (Lipinski definition) is 1. The quantitative estimate of drug-likeness (QED) is 0.894. The number of piperazine rings is 1. The predicted octanol–water partition coefficient (Wildman–Crippen LogP) is 0.810. The zero-order valence-electron chi connectivity index (χ0n) is 13.5. The lowest BCUT2D eigenvalue weighted by molar-refractivity contribution is -0.00236. The van der Waals surface area contributed by atoms with E-state index in [1.165, 1.54) is 5.56 Å². The van der Waals surface area contributed by atoms with E-state index in [0.717, 1.165) is 38.4 Å². The Bertz CT molecular complexity index is 527. The molecule has 0 radical (unpaired) electrons. The first-order chi connectivity index (χ1) is 10.7.